The maximum atomic E-state index is 12.8. The first kappa shape index (κ1) is 9.13. The fourth-order valence-corrected chi connectivity index (χ4v) is 1.12. The van der Waals surface area contributed by atoms with Crippen LogP contribution >= 0.6 is 11.6 Å². The van der Waals surface area contributed by atoms with Crippen molar-refractivity contribution in [1.82, 2.24) is 0 Å². The minimum absolute atomic E-state index is 0.210. The van der Waals surface area contributed by atoms with Gasteiger partial charge < -0.3 is 9.84 Å². The summed E-state index contributed by atoms with van der Waals surface area (Å²) < 4.78 is 17.6. The molecular weight excluding hydrogens is 183 g/mol. The lowest BCUT2D eigenvalue weighted by Gasteiger charge is -2.08. The number of rotatable bonds is 1. The number of aryl methyl sites for hydroxylation is 1. The molecule has 0 amide bonds. The van der Waals surface area contributed by atoms with Crippen LogP contribution in [0.5, 0.6) is 11.5 Å². The molecule has 0 radical (unpaired) electrons. The number of ether oxygens (including phenoxy) is 1. The number of hydrogen-bond acceptors (Lipinski definition) is 2. The lowest BCUT2D eigenvalue weighted by atomic mass is 10.2. The Morgan fingerprint density at radius 1 is 1.58 bits per heavy atom. The second kappa shape index (κ2) is 3.19. The van der Waals surface area contributed by atoms with Crippen molar-refractivity contribution >= 4 is 11.6 Å². The van der Waals surface area contributed by atoms with E-state index in [1.807, 2.05) is 0 Å². The van der Waals surface area contributed by atoms with Gasteiger partial charge in [-0.3, -0.25) is 0 Å². The van der Waals surface area contributed by atoms with Gasteiger partial charge in [0.2, 0.25) is 0 Å². The zero-order valence-electron chi connectivity index (χ0n) is 6.69. The Morgan fingerprint density at radius 2 is 2.17 bits per heavy atom. The van der Waals surface area contributed by atoms with Gasteiger partial charge in [0.15, 0.2) is 11.5 Å². The van der Waals surface area contributed by atoms with Crippen molar-refractivity contribution in [3.8, 4) is 11.5 Å². The Bertz CT molecular complexity index is 312. The van der Waals surface area contributed by atoms with E-state index in [1.165, 1.54) is 13.2 Å². The normalized spacial score (nSPS) is 10.0. The van der Waals surface area contributed by atoms with E-state index < -0.39 is 5.82 Å². The van der Waals surface area contributed by atoms with Gasteiger partial charge in [-0.25, -0.2) is 4.39 Å². The number of phenols is 1. The van der Waals surface area contributed by atoms with E-state index in [4.69, 9.17) is 16.3 Å². The predicted octanol–water partition coefficient (Wildman–Crippen LogP) is 2.50. The summed E-state index contributed by atoms with van der Waals surface area (Å²) in [6.07, 6.45) is 0. The van der Waals surface area contributed by atoms with Crippen LogP contribution < -0.4 is 4.74 Å². The Balaban J connectivity index is 3.40. The Hall–Kier alpha value is -0.960. The molecule has 1 N–H and O–H groups in total. The molecule has 1 rings (SSSR count). The summed E-state index contributed by atoms with van der Waals surface area (Å²) in [5.74, 6) is -0.787. The van der Waals surface area contributed by atoms with Gasteiger partial charge in [-0.05, 0) is 18.6 Å². The number of halogens is 2. The molecule has 66 valence electrons. The molecule has 0 aliphatic carbocycles. The largest absolute Gasteiger partial charge is 0.503 e. The van der Waals surface area contributed by atoms with Crippen molar-refractivity contribution in [3.05, 3.63) is 22.5 Å². The standard InChI is InChI=1S/C8H8ClFO2/c1-4-3-5(10)6(9)7(11)8(4)12-2/h3,11H,1-2H3. The highest BCUT2D eigenvalue weighted by atomic mass is 35.5. The molecule has 0 bridgehead atoms. The molecule has 0 saturated heterocycles. The van der Waals surface area contributed by atoms with Crippen molar-refractivity contribution in [2.45, 2.75) is 6.92 Å². The van der Waals surface area contributed by atoms with Gasteiger partial charge in [0, 0.05) is 0 Å². The average molecular weight is 191 g/mol. The number of methoxy groups -OCH3 is 1. The van der Waals surface area contributed by atoms with Crippen LogP contribution in [0.2, 0.25) is 5.02 Å². The monoisotopic (exact) mass is 190 g/mol. The molecular formula is C8H8ClFO2. The minimum atomic E-state index is -0.646. The molecule has 4 heteroatoms. The third-order valence-corrected chi connectivity index (χ3v) is 1.90. The summed E-state index contributed by atoms with van der Waals surface area (Å²) in [6, 6.07) is 1.21. The van der Waals surface area contributed by atoms with Crippen LogP contribution in [-0.4, -0.2) is 12.2 Å². The Morgan fingerprint density at radius 3 is 2.67 bits per heavy atom. The molecule has 0 heterocycles. The molecule has 0 spiro atoms. The summed E-state index contributed by atoms with van der Waals surface area (Å²) in [7, 11) is 1.39. The van der Waals surface area contributed by atoms with E-state index in [-0.39, 0.29) is 16.5 Å². The van der Waals surface area contributed by atoms with E-state index in [2.05, 4.69) is 0 Å². The van der Waals surface area contributed by atoms with E-state index in [1.54, 1.807) is 6.92 Å². The molecule has 0 fully saturated rings. The molecule has 0 atom stereocenters. The Kier molecular flexibility index (Phi) is 2.43. The van der Waals surface area contributed by atoms with Crippen LogP contribution in [0.15, 0.2) is 6.07 Å². The Labute approximate surface area is 74.5 Å². The van der Waals surface area contributed by atoms with Crippen LogP contribution in [0.1, 0.15) is 5.56 Å². The quantitative estimate of drug-likeness (QED) is 0.737. The van der Waals surface area contributed by atoms with E-state index >= 15 is 0 Å². The van der Waals surface area contributed by atoms with E-state index in [0.717, 1.165) is 0 Å². The van der Waals surface area contributed by atoms with Crippen LogP contribution in [0, 0.1) is 12.7 Å². The lowest BCUT2D eigenvalue weighted by molar-refractivity contribution is 0.368. The maximum absolute atomic E-state index is 12.8. The van der Waals surface area contributed by atoms with Gasteiger partial charge in [-0.2, -0.15) is 0 Å². The number of hydrogen-bond donors (Lipinski definition) is 1. The molecule has 1 aromatic rings. The number of phenolic OH excluding ortho intramolecular Hbond substituents is 1. The fourth-order valence-electron chi connectivity index (χ4n) is 0.976. The molecule has 0 aliphatic rings. The molecule has 0 saturated carbocycles. The third-order valence-electron chi connectivity index (χ3n) is 1.54. The molecule has 2 nitrogen and oxygen atoms in total. The molecule has 0 aliphatic heterocycles. The molecule has 12 heavy (non-hydrogen) atoms. The van der Waals surface area contributed by atoms with Crippen LogP contribution in [0.25, 0.3) is 0 Å². The lowest BCUT2D eigenvalue weighted by Crippen LogP contribution is -1.90. The second-order valence-electron chi connectivity index (χ2n) is 2.37. The highest BCUT2D eigenvalue weighted by Gasteiger charge is 2.14. The van der Waals surface area contributed by atoms with Gasteiger partial charge in [0.1, 0.15) is 10.8 Å². The van der Waals surface area contributed by atoms with Crippen molar-refractivity contribution in [2.24, 2.45) is 0 Å². The minimum Gasteiger partial charge on any atom is -0.503 e. The summed E-state index contributed by atoms with van der Waals surface area (Å²) >= 11 is 5.43. The van der Waals surface area contributed by atoms with Crippen LogP contribution in [0.3, 0.4) is 0 Å². The number of benzene rings is 1. The summed E-state index contributed by atoms with van der Waals surface area (Å²) in [4.78, 5) is 0. The molecule has 0 aromatic heterocycles. The van der Waals surface area contributed by atoms with E-state index in [0.29, 0.717) is 5.56 Å². The van der Waals surface area contributed by atoms with Gasteiger partial charge in [0.05, 0.1) is 7.11 Å². The van der Waals surface area contributed by atoms with Crippen molar-refractivity contribution in [3.63, 3.8) is 0 Å². The highest BCUT2D eigenvalue weighted by molar-refractivity contribution is 6.32. The van der Waals surface area contributed by atoms with Crippen molar-refractivity contribution in [1.29, 1.82) is 0 Å². The average Bonchev–Trinajstić information content (AvgIpc) is 2.01. The van der Waals surface area contributed by atoms with Crippen molar-refractivity contribution < 1.29 is 14.2 Å². The van der Waals surface area contributed by atoms with Crippen LogP contribution in [-0.2, 0) is 0 Å². The molecule has 0 unspecified atom stereocenters. The summed E-state index contributed by atoms with van der Waals surface area (Å²) in [5, 5.41) is 8.95. The van der Waals surface area contributed by atoms with Gasteiger partial charge in [-0.15, -0.1) is 0 Å². The SMILES string of the molecule is COc1c(C)cc(F)c(Cl)c1O. The van der Waals surface area contributed by atoms with E-state index in [9.17, 15) is 9.50 Å². The van der Waals surface area contributed by atoms with Crippen LogP contribution in [0.4, 0.5) is 4.39 Å². The smallest absolute Gasteiger partial charge is 0.180 e. The third kappa shape index (κ3) is 1.32. The van der Waals surface area contributed by atoms with Gasteiger partial charge >= 0.3 is 0 Å². The highest BCUT2D eigenvalue weighted by Crippen LogP contribution is 2.38. The van der Waals surface area contributed by atoms with Crippen molar-refractivity contribution in [2.75, 3.05) is 7.11 Å². The number of aromatic hydroxyl groups is 1. The van der Waals surface area contributed by atoms with Gasteiger partial charge in [-0.1, -0.05) is 11.6 Å². The zero-order valence-corrected chi connectivity index (χ0v) is 7.44. The summed E-state index contributed by atoms with van der Waals surface area (Å²) in [5.41, 5.74) is 0.511. The maximum Gasteiger partial charge on any atom is 0.180 e. The fraction of sp³-hybridized carbons (Fsp3) is 0.250. The molecule has 1 aromatic carbocycles. The first-order valence-electron chi connectivity index (χ1n) is 3.29. The summed E-state index contributed by atoms with van der Waals surface area (Å²) in [6.45, 7) is 1.62. The zero-order chi connectivity index (χ0) is 9.30. The first-order chi connectivity index (χ1) is 5.57. The predicted molar refractivity (Wildman–Crippen MR) is 44.4 cm³/mol. The first-order valence-corrected chi connectivity index (χ1v) is 3.67. The topological polar surface area (TPSA) is 29.5 Å². The van der Waals surface area contributed by atoms with Gasteiger partial charge in [0.25, 0.3) is 0 Å². The second-order valence-corrected chi connectivity index (χ2v) is 2.75.